The van der Waals surface area contributed by atoms with Crippen molar-refractivity contribution in [1.29, 1.82) is 0 Å². The molecule has 2 aromatic heterocycles. The molecule has 1 aliphatic rings. The molecule has 0 bridgehead atoms. The van der Waals surface area contributed by atoms with E-state index in [1.807, 2.05) is 18.2 Å². The van der Waals surface area contributed by atoms with Gasteiger partial charge in [-0.25, -0.2) is 9.67 Å². The van der Waals surface area contributed by atoms with E-state index in [0.717, 1.165) is 31.2 Å². The molecule has 0 amide bonds. The smallest absolute Gasteiger partial charge is 0.272 e. The Kier molecular flexibility index (Phi) is 3.78. The number of aromatic amines is 1. The van der Waals surface area contributed by atoms with Crippen LogP contribution in [0, 0.1) is 0 Å². The van der Waals surface area contributed by atoms with Crippen LogP contribution in [0.4, 0.5) is 5.95 Å². The molecule has 1 fully saturated rings. The number of aliphatic hydroxyl groups excluding tert-OH is 1. The van der Waals surface area contributed by atoms with Crippen molar-refractivity contribution in [3.63, 3.8) is 0 Å². The second-order valence-electron chi connectivity index (χ2n) is 6.13. The second kappa shape index (κ2) is 6.09. The first-order valence-corrected chi connectivity index (χ1v) is 8.20. The fourth-order valence-corrected chi connectivity index (χ4v) is 3.25. The number of fused-ring (bicyclic) bond motifs is 1. The second-order valence-corrected chi connectivity index (χ2v) is 6.13. The predicted molar refractivity (Wildman–Crippen MR) is 91.4 cm³/mol. The number of aliphatic hydroxyl groups is 1. The van der Waals surface area contributed by atoms with Gasteiger partial charge in [-0.3, -0.25) is 9.89 Å². The summed E-state index contributed by atoms with van der Waals surface area (Å²) in [6.07, 6.45) is 5.11. The van der Waals surface area contributed by atoms with Crippen LogP contribution in [0.3, 0.4) is 0 Å². The molecule has 3 N–H and O–H groups in total. The van der Waals surface area contributed by atoms with Crippen molar-refractivity contribution in [2.24, 2.45) is 0 Å². The quantitative estimate of drug-likeness (QED) is 0.683. The maximum atomic E-state index is 12.0. The molecule has 2 atom stereocenters. The van der Waals surface area contributed by atoms with E-state index in [1.165, 1.54) is 0 Å². The molecule has 124 valence electrons. The maximum Gasteiger partial charge on any atom is 0.272 e. The lowest BCUT2D eigenvalue weighted by Gasteiger charge is -2.28. The largest absolute Gasteiger partial charge is 0.391 e. The molecule has 3 aromatic rings. The van der Waals surface area contributed by atoms with Crippen molar-refractivity contribution in [2.75, 3.05) is 5.32 Å². The topological polar surface area (TPSA) is 95.8 Å². The Balaban J connectivity index is 1.68. The van der Waals surface area contributed by atoms with Gasteiger partial charge >= 0.3 is 0 Å². The number of benzene rings is 1. The monoisotopic (exact) mass is 325 g/mol. The van der Waals surface area contributed by atoms with Gasteiger partial charge in [0.1, 0.15) is 0 Å². The van der Waals surface area contributed by atoms with Crippen molar-refractivity contribution in [2.45, 2.75) is 37.8 Å². The normalized spacial score (nSPS) is 21.0. The molecule has 0 spiro atoms. The van der Waals surface area contributed by atoms with Crippen LogP contribution in [0.2, 0.25) is 0 Å². The Labute approximate surface area is 138 Å². The average molecular weight is 325 g/mol. The first-order chi connectivity index (χ1) is 11.7. The lowest BCUT2D eigenvalue weighted by molar-refractivity contribution is 0.116. The zero-order chi connectivity index (χ0) is 16.5. The summed E-state index contributed by atoms with van der Waals surface area (Å²) >= 11 is 0. The Hall–Kier alpha value is -2.67. The van der Waals surface area contributed by atoms with Gasteiger partial charge in [0.2, 0.25) is 5.95 Å². The number of hydrogen-bond donors (Lipinski definition) is 3. The minimum absolute atomic E-state index is 0.0329. The number of rotatable bonds is 3. The van der Waals surface area contributed by atoms with Gasteiger partial charge in [0.25, 0.3) is 5.56 Å². The molecule has 0 aliphatic heterocycles. The number of nitrogens with zero attached hydrogens (tertiary/aromatic N) is 3. The van der Waals surface area contributed by atoms with E-state index >= 15 is 0 Å². The van der Waals surface area contributed by atoms with Gasteiger partial charge < -0.3 is 10.4 Å². The lowest BCUT2D eigenvalue weighted by atomic mass is 9.93. The van der Waals surface area contributed by atoms with Gasteiger partial charge in [-0.15, -0.1) is 0 Å². The minimum Gasteiger partial charge on any atom is -0.391 e. The number of para-hydroxylation sites is 1. The number of aromatic nitrogens is 4. The summed E-state index contributed by atoms with van der Waals surface area (Å²) in [4.78, 5) is 20.8. The molecule has 1 saturated carbocycles. The SMILES string of the molecule is O=c1[nH]n(-c2ccnc(NC3CCCCC3O)n2)c2ccccc12. The summed E-state index contributed by atoms with van der Waals surface area (Å²) in [7, 11) is 0. The molecule has 24 heavy (non-hydrogen) atoms. The first kappa shape index (κ1) is 14.9. The average Bonchev–Trinajstić information content (AvgIpc) is 2.95. The first-order valence-electron chi connectivity index (χ1n) is 8.20. The Morgan fingerprint density at radius 2 is 2.04 bits per heavy atom. The van der Waals surface area contributed by atoms with Crippen molar-refractivity contribution in [1.82, 2.24) is 19.7 Å². The standard InChI is InChI=1S/C17H19N5O2/c23-14-8-4-2-6-12(14)19-17-18-10-9-15(20-17)22-13-7-3-1-5-11(13)16(24)21-22/h1,3,5,7,9-10,12,14,23H,2,4,6,8H2,(H,21,24)(H,18,19,20). The lowest BCUT2D eigenvalue weighted by Crippen LogP contribution is -2.36. The number of nitrogens with one attached hydrogen (secondary N) is 2. The van der Waals surface area contributed by atoms with Crippen LogP contribution in [0.5, 0.6) is 0 Å². The molecule has 1 aliphatic carbocycles. The van der Waals surface area contributed by atoms with E-state index in [2.05, 4.69) is 20.4 Å². The van der Waals surface area contributed by atoms with E-state index in [4.69, 9.17) is 0 Å². The highest BCUT2D eigenvalue weighted by Crippen LogP contribution is 2.21. The summed E-state index contributed by atoms with van der Waals surface area (Å²) in [5.41, 5.74) is 0.617. The molecule has 1 aromatic carbocycles. The van der Waals surface area contributed by atoms with E-state index in [1.54, 1.807) is 23.0 Å². The van der Waals surface area contributed by atoms with Gasteiger partial charge in [-0.2, -0.15) is 4.98 Å². The Morgan fingerprint density at radius 1 is 1.21 bits per heavy atom. The molecule has 2 heterocycles. The fourth-order valence-electron chi connectivity index (χ4n) is 3.25. The minimum atomic E-state index is -0.377. The molecule has 0 saturated heterocycles. The third kappa shape index (κ3) is 2.67. The van der Waals surface area contributed by atoms with Gasteiger partial charge in [0, 0.05) is 12.3 Å². The fraction of sp³-hybridized carbons (Fsp3) is 0.353. The van der Waals surface area contributed by atoms with E-state index in [9.17, 15) is 9.90 Å². The molecule has 0 radical (unpaired) electrons. The van der Waals surface area contributed by atoms with Crippen LogP contribution in [-0.4, -0.2) is 37.0 Å². The van der Waals surface area contributed by atoms with Crippen molar-refractivity contribution in [3.8, 4) is 5.82 Å². The van der Waals surface area contributed by atoms with Crippen LogP contribution in [0.1, 0.15) is 25.7 Å². The predicted octanol–water partition coefficient (Wildman–Crippen LogP) is 1.82. The van der Waals surface area contributed by atoms with Crippen LogP contribution in [-0.2, 0) is 0 Å². The van der Waals surface area contributed by atoms with Gasteiger partial charge in [-0.1, -0.05) is 25.0 Å². The summed E-state index contributed by atoms with van der Waals surface area (Å²) < 4.78 is 1.65. The van der Waals surface area contributed by atoms with E-state index < -0.39 is 0 Å². The Morgan fingerprint density at radius 3 is 2.92 bits per heavy atom. The highest BCUT2D eigenvalue weighted by atomic mass is 16.3. The number of anilines is 1. The number of H-pyrrole nitrogens is 1. The third-order valence-electron chi connectivity index (χ3n) is 4.52. The molecule has 7 heteroatoms. The summed E-state index contributed by atoms with van der Waals surface area (Å²) in [5, 5.41) is 16.7. The molecular weight excluding hydrogens is 306 g/mol. The van der Waals surface area contributed by atoms with Gasteiger partial charge in [-0.05, 0) is 25.0 Å². The van der Waals surface area contributed by atoms with Crippen LogP contribution in [0.25, 0.3) is 16.7 Å². The Bertz CT molecular complexity index is 916. The van der Waals surface area contributed by atoms with Crippen molar-refractivity contribution in [3.05, 3.63) is 46.9 Å². The molecular formula is C17H19N5O2. The van der Waals surface area contributed by atoms with Gasteiger partial charge in [0.15, 0.2) is 5.82 Å². The van der Waals surface area contributed by atoms with Crippen molar-refractivity contribution >= 4 is 16.9 Å². The maximum absolute atomic E-state index is 12.0. The molecule has 4 rings (SSSR count). The zero-order valence-corrected chi connectivity index (χ0v) is 13.1. The highest BCUT2D eigenvalue weighted by molar-refractivity contribution is 5.79. The van der Waals surface area contributed by atoms with Crippen LogP contribution < -0.4 is 10.9 Å². The molecule has 2 unspecified atom stereocenters. The molecule has 7 nitrogen and oxygen atoms in total. The third-order valence-corrected chi connectivity index (χ3v) is 4.52. The van der Waals surface area contributed by atoms with E-state index in [-0.39, 0.29) is 17.7 Å². The highest BCUT2D eigenvalue weighted by Gasteiger charge is 2.23. The summed E-state index contributed by atoms with van der Waals surface area (Å²) in [6, 6.07) is 9.07. The van der Waals surface area contributed by atoms with Crippen LogP contribution in [0.15, 0.2) is 41.3 Å². The zero-order valence-electron chi connectivity index (χ0n) is 13.1. The number of hydrogen-bond acceptors (Lipinski definition) is 5. The summed E-state index contributed by atoms with van der Waals surface area (Å²) in [6.45, 7) is 0. The van der Waals surface area contributed by atoms with E-state index in [0.29, 0.717) is 17.2 Å². The van der Waals surface area contributed by atoms with Gasteiger partial charge in [0.05, 0.1) is 23.0 Å². The summed E-state index contributed by atoms with van der Waals surface area (Å²) in [5.74, 6) is 1.04. The van der Waals surface area contributed by atoms with Crippen molar-refractivity contribution < 1.29 is 5.11 Å². The van der Waals surface area contributed by atoms with Crippen LogP contribution >= 0.6 is 0 Å².